The van der Waals surface area contributed by atoms with Gasteiger partial charge < -0.3 is 15.7 Å². The summed E-state index contributed by atoms with van der Waals surface area (Å²) >= 11 is 0. The summed E-state index contributed by atoms with van der Waals surface area (Å²) in [4.78, 5) is 26.4. The van der Waals surface area contributed by atoms with Crippen LogP contribution in [-0.2, 0) is 6.54 Å². The number of hydrogen-bond donors (Lipinski definition) is 3. The predicted octanol–water partition coefficient (Wildman–Crippen LogP) is 3.55. The number of benzene rings is 1. The van der Waals surface area contributed by atoms with Crippen LogP contribution < -0.4 is 10.6 Å². The highest BCUT2D eigenvalue weighted by Gasteiger charge is 2.23. The molecule has 3 N–H and O–H groups in total. The Morgan fingerprint density at radius 2 is 1.84 bits per heavy atom. The van der Waals surface area contributed by atoms with Crippen molar-refractivity contribution < 1.29 is 9.90 Å². The van der Waals surface area contributed by atoms with Crippen molar-refractivity contribution in [3.63, 3.8) is 0 Å². The molecule has 0 saturated heterocycles. The van der Waals surface area contributed by atoms with E-state index in [-0.39, 0.29) is 18.1 Å². The van der Waals surface area contributed by atoms with E-state index in [4.69, 9.17) is 0 Å². The number of pyridine rings is 1. The first-order valence-corrected chi connectivity index (χ1v) is 11.1. The highest BCUT2D eigenvalue weighted by atomic mass is 16.3. The second kappa shape index (κ2) is 8.59. The number of para-hydroxylation sites is 1. The Labute approximate surface area is 181 Å². The molecular formula is C24H27N5O2. The fourth-order valence-electron chi connectivity index (χ4n) is 4.18. The van der Waals surface area contributed by atoms with E-state index in [1.54, 1.807) is 12.3 Å². The van der Waals surface area contributed by atoms with E-state index in [2.05, 4.69) is 31.7 Å². The van der Waals surface area contributed by atoms with Crippen molar-refractivity contribution in [2.75, 3.05) is 5.32 Å². The smallest absolute Gasteiger partial charge is 0.253 e. The van der Waals surface area contributed by atoms with Crippen molar-refractivity contribution in [2.45, 2.75) is 63.1 Å². The van der Waals surface area contributed by atoms with Gasteiger partial charge in [-0.05, 0) is 62.1 Å². The maximum atomic E-state index is 12.9. The number of anilines is 1. The van der Waals surface area contributed by atoms with Crippen molar-refractivity contribution in [3.8, 4) is 0 Å². The molecule has 0 aliphatic heterocycles. The third-order valence-electron chi connectivity index (χ3n) is 6.21. The van der Waals surface area contributed by atoms with Crippen molar-refractivity contribution >= 4 is 22.8 Å². The lowest BCUT2D eigenvalue weighted by atomic mass is 9.93. The predicted molar refractivity (Wildman–Crippen MR) is 119 cm³/mol. The molecule has 2 aromatic heterocycles. The number of nitrogens with one attached hydrogen (secondary N) is 2. The largest absolute Gasteiger partial charge is 0.393 e. The minimum atomic E-state index is -0.203. The van der Waals surface area contributed by atoms with Gasteiger partial charge in [0.25, 0.3) is 5.91 Å². The highest BCUT2D eigenvalue weighted by molar-refractivity contribution is 6.05. The minimum Gasteiger partial charge on any atom is -0.393 e. The first-order chi connectivity index (χ1) is 15.2. The number of nitrogens with zero attached hydrogens (tertiary/aromatic N) is 3. The monoisotopic (exact) mass is 417 g/mol. The number of aliphatic hydroxyl groups excluding tert-OH is 1. The van der Waals surface area contributed by atoms with Crippen molar-refractivity contribution in [3.05, 3.63) is 59.5 Å². The molecule has 2 saturated carbocycles. The van der Waals surface area contributed by atoms with Crippen molar-refractivity contribution in [1.29, 1.82) is 0 Å². The van der Waals surface area contributed by atoms with Crippen LogP contribution in [0.15, 0.2) is 42.7 Å². The van der Waals surface area contributed by atoms with Gasteiger partial charge in [-0.2, -0.15) is 0 Å². The van der Waals surface area contributed by atoms with Crippen LogP contribution in [0.3, 0.4) is 0 Å². The quantitative estimate of drug-likeness (QED) is 0.567. The molecule has 0 radical (unpaired) electrons. The Kier molecular flexibility index (Phi) is 5.51. The van der Waals surface area contributed by atoms with Gasteiger partial charge in [-0.25, -0.2) is 9.97 Å². The van der Waals surface area contributed by atoms with Gasteiger partial charge in [-0.15, -0.1) is 0 Å². The molecule has 7 heteroatoms. The molecule has 2 aliphatic rings. The summed E-state index contributed by atoms with van der Waals surface area (Å²) in [5.74, 6) is 1.02. The van der Waals surface area contributed by atoms with E-state index in [0.717, 1.165) is 36.8 Å². The molecule has 2 aliphatic carbocycles. The lowest BCUT2D eigenvalue weighted by molar-refractivity contribution is 0.0952. The molecule has 1 amide bonds. The second-order valence-electron chi connectivity index (χ2n) is 8.63. The standard InChI is InChI=1S/C24H27N5O2/c30-20-10-8-18(9-11-20)28-24-27-13-17-2-1-3-21(22(17)29-24)23(31)26-14-19-7-6-16(12-25-19)15-4-5-15/h1-3,6-7,12-13,15,18,20,30H,4-5,8-11,14H2,(H,26,31)(H,27,28,29)/t18-,20-. The average Bonchev–Trinajstić information content (AvgIpc) is 3.64. The van der Waals surface area contributed by atoms with E-state index < -0.39 is 0 Å². The van der Waals surface area contributed by atoms with Gasteiger partial charge in [0.1, 0.15) is 0 Å². The van der Waals surface area contributed by atoms with E-state index >= 15 is 0 Å². The average molecular weight is 418 g/mol. The number of carbonyl (C=O) groups excluding carboxylic acids is 1. The normalized spacial score (nSPS) is 21.1. The molecule has 5 rings (SSSR count). The molecule has 3 aromatic rings. The molecule has 160 valence electrons. The molecule has 7 nitrogen and oxygen atoms in total. The SMILES string of the molecule is O=C(NCc1ccc(C2CC2)cn1)c1cccc2cnc(N[C@H]3CC[C@H](O)CC3)nc12. The van der Waals surface area contributed by atoms with Gasteiger partial charge in [0.2, 0.25) is 5.95 Å². The lowest BCUT2D eigenvalue weighted by Crippen LogP contribution is -2.29. The van der Waals surface area contributed by atoms with Crippen LogP contribution in [-0.4, -0.2) is 38.1 Å². The molecule has 0 atom stereocenters. The first kappa shape index (κ1) is 19.9. The summed E-state index contributed by atoms with van der Waals surface area (Å²) in [6.45, 7) is 0.376. The summed E-state index contributed by atoms with van der Waals surface area (Å²) in [5.41, 5.74) is 3.28. The first-order valence-electron chi connectivity index (χ1n) is 11.1. The Hall–Kier alpha value is -3.06. The van der Waals surface area contributed by atoms with Crippen molar-refractivity contribution in [1.82, 2.24) is 20.3 Å². The minimum absolute atomic E-state index is 0.177. The van der Waals surface area contributed by atoms with Gasteiger partial charge in [-0.1, -0.05) is 18.2 Å². The van der Waals surface area contributed by atoms with E-state index in [1.165, 1.54) is 18.4 Å². The molecule has 0 spiro atoms. The second-order valence-corrected chi connectivity index (χ2v) is 8.63. The summed E-state index contributed by atoms with van der Waals surface area (Å²) in [6.07, 6.45) is 9.31. The van der Waals surface area contributed by atoms with E-state index in [1.807, 2.05) is 24.4 Å². The summed E-state index contributed by atoms with van der Waals surface area (Å²) in [7, 11) is 0. The zero-order valence-corrected chi connectivity index (χ0v) is 17.4. The lowest BCUT2D eigenvalue weighted by Gasteiger charge is -2.26. The molecular weight excluding hydrogens is 390 g/mol. The van der Waals surface area contributed by atoms with Gasteiger partial charge in [0.05, 0.1) is 29.4 Å². The van der Waals surface area contributed by atoms with Gasteiger partial charge in [0.15, 0.2) is 0 Å². The number of rotatable bonds is 6. The van der Waals surface area contributed by atoms with Crippen LogP contribution in [0.5, 0.6) is 0 Å². The van der Waals surface area contributed by atoms with Gasteiger partial charge in [0, 0.05) is 23.8 Å². The Morgan fingerprint density at radius 3 is 2.58 bits per heavy atom. The Morgan fingerprint density at radius 1 is 1.00 bits per heavy atom. The van der Waals surface area contributed by atoms with E-state index in [0.29, 0.717) is 29.5 Å². The number of hydrogen-bond acceptors (Lipinski definition) is 6. The molecule has 2 fully saturated rings. The zero-order chi connectivity index (χ0) is 21.2. The van der Waals surface area contributed by atoms with E-state index in [9.17, 15) is 9.90 Å². The van der Waals surface area contributed by atoms with Gasteiger partial charge >= 0.3 is 0 Å². The van der Waals surface area contributed by atoms with Crippen LogP contribution in [0, 0.1) is 0 Å². The Balaban J connectivity index is 1.29. The zero-order valence-electron chi connectivity index (χ0n) is 17.4. The Bertz CT molecular complexity index is 1070. The number of amides is 1. The van der Waals surface area contributed by atoms with Crippen LogP contribution in [0.2, 0.25) is 0 Å². The fraction of sp³-hybridized carbons (Fsp3) is 0.417. The molecule has 0 bridgehead atoms. The molecule has 2 heterocycles. The highest BCUT2D eigenvalue weighted by Crippen LogP contribution is 2.39. The van der Waals surface area contributed by atoms with Crippen LogP contribution in [0.25, 0.3) is 10.9 Å². The molecule has 1 aromatic carbocycles. The number of aromatic nitrogens is 3. The number of aliphatic hydroxyl groups is 1. The fourth-order valence-corrected chi connectivity index (χ4v) is 4.18. The van der Waals surface area contributed by atoms with Crippen LogP contribution in [0.1, 0.15) is 66.1 Å². The number of fused-ring (bicyclic) bond motifs is 1. The molecule has 0 unspecified atom stereocenters. The van der Waals surface area contributed by atoms with Gasteiger partial charge in [-0.3, -0.25) is 9.78 Å². The maximum absolute atomic E-state index is 12.9. The summed E-state index contributed by atoms with van der Waals surface area (Å²) < 4.78 is 0. The summed E-state index contributed by atoms with van der Waals surface area (Å²) in [5, 5.41) is 16.8. The van der Waals surface area contributed by atoms with Crippen LogP contribution >= 0.6 is 0 Å². The third kappa shape index (κ3) is 4.66. The summed E-state index contributed by atoms with van der Waals surface area (Å²) in [6, 6.07) is 9.88. The van der Waals surface area contributed by atoms with Crippen LogP contribution in [0.4, 0.5) is 5.95 Å². The number of carbonyl (C=O) groups is 1. The topological polar surface area (TPSA) is 100 Å². The third-order valence-corrected chi connectivity index (χ3v) is 6.21. The maximum Gasteiger partial charge on any atom is 0.253 e. The molecule has 31 heavy (non-hydrogen) atoms. The van der Waals surface area contributed by atoms with Crippen molar-refractivity contribution in [2.24, 2.45) is 0 Å².